The van der Waals surface area contributed by atoms with Crippen LogP contribution in [0, 0.1) is 5.82 Å². The Morgan fingerprint density at radius 3 is 2.19 bits per heavy atom. The molecule has 43 heavy (non-hydrogen) atoms. The topological polar surface area (TPSA) is 89.1 Å². The van der Waals surface area contributed by atoms with E-state index in [1.54, 1.807) is 6.26 Å². The molecule has 0 aliphatic rings. The van der Waals surface area contributed by atoms with Crippen molar-refractivity contribution in [2.24, 2.45) is 0 Å². The van der Waals surface area contributed by atoms with Crippen LogP contribution in [0.5, 0.6) is 5.88 Å². The molecule has 0 amide bonds. The molecule has 4 rings (SSSR count). The van der Waals surface area contributed by atoms with Gasteiger partial charge in [-0.15, -0.1) is 0 Å². The van der Waals surface area contributed by atoms with E-state index < -0.39 is 43.9 Å². The summed E-state index contributed by atoms with van der Waals surface area (Å²) in [6.07, 6.45) is -0.623. The third-order valence-electron chi connectivity index (χ3n) is 7.08. The molecule has 1 atom stereocenters. The summed E-state index contributed by atoms with van der Waals surface area (Å²) < 4.78 is 54.0. The number of nitrogens with zero attached hydrogens (tertiary/aromatic N) is 2. The molecular weight excluding hydrogens is 617 g/mol. The van der Waals surface area contributed by atoms with Crippen LogP contribution in [0.4, 0.5) is 13.2 Å². The van der Waals surface area contributed by atoms with Crippen LogP contribution in [0.25, 0.3) is 10.9 Å². The molecule has 230 valence electrons. The molecule has 0 fully saturated rings. The van der Waals surface area contributed by atoms with Crippen LogP contribution < -0.4 is 26.0 Å². The number of pyridine rings is 1. The van der Waals surface area contributed by atoms with Crippen molar-refractivity contribution < 1.29 is 22.3 Å². The Morgan fingerprint density at radius 2 is 1.65 bits per heavy atom. The van der Waals surface area contributed by atoms with Crippen LogP contribution in [0.2, 0.25) is 10.2 Å². The second kappa shape index (κ2) is 14.3. The molecule has 2 aromatic heterocycles. The summed E-state index contributed by atoms with van der Waals surface area (Å²) >= 11 is 7.12. The Kier molecular flexibility index (Phi) is 10.9. The maximum atomic E-state index is 14.8. The summed E-state index contributed by atoms with van der Waals surface area (Å²) in [7, 11) is -2.86. The summed E-state index contributed by atoms with van der Waals surface area (Å²) in [5, 5.41) is 4.21. The first-order valence-electron chi connectivity index (χ1n) is 13.7. The number of nitrogens with one attached hydrogen (secondary N) is 2. The predicted octanol–water partition coefficient (Wildman–Crippen LogP) is 5.40. The van der Waals surface area contributed by atoms with Gasteiger partial charge < -0.3 is 19.5 Å². The van der Waals surface area contributed by atoms with Crippen molar-refractivity contribution in [1.29, 1.82) is 0 Å². The number of benzene rings is 2. The van der Waals surface area contributed by atoms with Crippen LogP contribution in [0.1, 0.15) is 27.2 Å². The van der Waals surface area contributed by atoms with Crippen molar-refractivity contribution in [3.63, 3.8) is 0 Å². The van der Waals surface area contributed by atoms with Gasteiger partial charge in [0.1, 0.15) is 17.5 Å². The molecule has 7 nitrogen and oxygen atoms in total. The second-order valence-electron chi connectivity index (χ2n) is 10.9. The zero-order valence-electron chi connectivity index (χ0n) is 24.3. The van der Waals surface area contributed by atoms with E-state index in [2.05, 4.69) is 65.3 Å². The van der Waals surface area contributed by atoms with E-state index in [9.17, 15) is 18.0 Å². The molecule has 13 heteroatoms. The van der Waals surface area contributed by atoms with Crippen LogP contribution in [0.15, 0.2) is 70.6 Å². The van der Waals surface area contributed by atoms with Gasteiger partial charge in [0.15, 0.2) is 16.1 Å². The molecule has 0 radical (unpaired) electrons. The minimum absolute atomic E-state index is 0.162. The highest BCUT2D eigenvalue weighted by molar-refractivity contribution is 7.98. The van der Waals surface area contributed by atoms with E-state index in [0.29, 0.717) is 6.42 Å². The van der Waals surface area contributed by atoms with E-state index in [0.717, 1.165) is 22.1 Å². The van der Waals surface area contributed by atoms with Crippen molar-refractivity contribution in [2.75, 3.05) is 26.0 Å². The first-order chi connectivity index (χ1) is 20.5. The maximum absolute atomic E-state index is 14.8. The lowest BCUT2D eigenvalue weighted by Crippen LogP contribution is -2.66. The van der Waals surface area contributed by atoms with Gasteiger partial charge in [-0.1, -0.05) is 105 Å². The van der Waals surface area contributed by atoms with Gasteiger partial charge in [0.05, 0.1) is 6.54 Å². The predicted molar refractivity (Wildman–Crippen MR) is 168 cm³/mol. The third-order valence-corrected chi connectivity index (χ3v) is 13.0. The summed E-state index contributed by atoms with van der Waals surface area (Å²) in [5.74, 6) is -1.18. The number of fused-ring (bicyclic) bond motifs is 1. The number of rotatable bonds is 13. The van der Waals surface area contributed by atoms with E-state index in [4.69, 9.17) is 20.8 Å². The lowest BCUT2D eigenvalue weighted by Gasteiger charge is -2.43. The number of alkyl halides is 2. The average molecular weight is 651 g/mol. The molecule has 2 heterocycles. The molecule has 2 N–H and O–H groups in total. The SMILES string of the molecule is CSc1nc2c(F)c(Cl)nc(OC[C@H](CCO[Si](c3ccccc3)(c3ccccc3)C(C)(C)C)NCC(F)F)c2c(=O)[nH]1. The van der Waals surface area contributed by atoms with Crippen LogP contribution in [0.3, 0.4) is 0 Å². The Bertz CT molecular complexity index is 1540. The number of hydrogen-bond donors (Lipinski definition) is 2. The minimum atomic E-state index is -2.86. The Balaban J connectivity index is 1.62. The van der Waals surface area contributed by atoms with E-state index in [1.807, 2.05) is 36.4 Å². The fourth-order valence-electron chi connectivity index (χ4n) is 5.10. The van der Waals surface area contributed by atoms with Crippen molar-refractivity contribution >= 4 is 53.0 Å². The van der Waals surface area contributed by atoms with Gasteiger partial charge in [0.2, 0.25) is 5.88 Å². The number of aromatic nitrogens is 3. The summed E-state index contributed by atoms with van der Waals surface area (Å²) in [6.45, 7) is 5.94. The largest absolute Gasteiger partial charge is 0.475 e. The lowest BCUT2D eigenvalue weighted by molar-refractivity contribution is 0.130. The van der Waals surface area contributed by atoms with Gasteiger partial charge in [-0.2, -0.15) is 4.98 Å². The molecule has 0 bridgehead atoms. The molecule has 0 aliphatic carbocycles. The summed E-state index contributed by atoms with van der Waals surface area (Å²) in [5.41, 5.74) is -0.935. The van der Waals surface area contributed by atoms with Gasteiger partial charge in [-0.05, 0) is 28.1 Å². The van der Waals surface area contributed by atoms with Crippen LogP contribution >= 0.6 is 23.4 Å². The average Bonchev–Trinajstić information content (AvgIpc) is 2.98. The van der Waals surface area contributed by atoms with Crippen molar-refractivity contribution in [3.8, 4) is 5.88 Å². The summed E-state index contributed by atoms with van der Waals surface area (Å²) in [4.78, 5) is 23.4. The molecule has 0 spiro atoms. The fourth-order valence-corrected chi connectivity index (χ4v) is 10.2. The molecule has 2 aromatic carbocycles. The monoisotopic (exact) mass is 650 g/mol. The molecule has 0 saturated heterocycles. The van der Waals surface area contributed by atoms with Gasteiger partial charge in [0.25, 0.3) is 20.3 Å². The highest BCUT2D eigenvalue weighted by Crippen LogP contribution is 2.37. The normalized spacial score (nSPS) is 13.0. The molecule has 0 saturated carbocycles. The number of hydrogen-bond acceptors (Lipinski definition) is 7. The number of halogens is 4. The standard InChI is InChI=1S/C30H34ClF3N4O3SSi/c1-30(2,3)43(20-11-7-5-8-12-20,21-13-9-6-10-14-21)41-16-15-19(35-17-22(32)33)18-40-28-23-25(24(34)26(31)37-28)36-29(42-4)38-27(23)39/h5-14,19,22,35H,15-18H2,1-4H3,(H,36,38,39)/t19-/m0/s1. The number of aromatic amines is 1. The Labute approximate surface area is 258 Å². The quantitative estimate of drug-likeness (QED) is 0.0867. The smallest absolute Gasteiger partial charge is 0.265 e. The highest BCUT2D eigenvalue weighted by Gasteiger charge is 2.50. The number of H-pyrrole nitrogens is 1. The Morgan fingerprint density at radius 1 is 1.05 bits per heavy atom. The number of thioether (sulfide) groups is 1. The van der Waals surface area contributed by atoms with Crippen LogP contribution in [-0.2, 0) is 4.43 Å². The molecule has 4 aromatic rings. The fraction of sp³-hybridized carbons (Fsp3) is 0.367. The molecule has 0 unspecified atom stereocenters. The van der Waals surface area contributed by atoms with Gasteiger partial charge in [0, 0.05) is 12.6 Å². The molecular formula is C30H34ClF3N4O3SSi. The van der Waals surface area contributed by atoms with Crippen LogP contribution in [-0.4, -0.2) is 61.8 Å². The maximum Gasteiger partial charge on any atom is 0.265 e. The van der Waals surface area contributed by atoms with E-state index >= 15 is 0 Å². The minimum Gasteiger partial charge on any atom is -0.475 e. The first-order valence-corrected chi connectivity index (χ1v) is 17.2. The first kappa shape index (κ1) is 33.0. The van der Waals surface area contributed by atoms with Gasteiger partial charge in [-0.25, -0.2) is 18.2 Å². The van der Waals surface area contributed by atoms with Gasteiger partial charge in [-0.3, -0.25) is 4.79 Å². The molecule has 0 aliphatic heterocycles. The van der Waals surface area contributed by atoms with Crippen molar-refractivity contribution in [2.45, 2.75) is 49.9 Å². The van der Waals surface area contributed by atoms with Gasteiger partial charge >= 0.3 is 0 Å². The second-order valence-corrected chi connectivity index (χ2v) is 16.4. The zero-order chi connectivity index (χ0) is 31.2. The van der Waals surface area contributed by atoms with Crippen molar-refractivity contribution in [3.05, 3.63) is 82.0 Å². The Hall–Kier alpha value is -2.90. The highest BCUT2D eigenvalue weighted by atomic mass is 35.5. The zero-order valence-corrected chi connectivity index (χ0v) is 26.9. The third kappa shape index (κ3) is 7.43. The lowest BCUT2D eigenvalue weighted by atomic mass is 10.2. The van der Waals surface area contributed by atoms with E-state index in [1.165, 1.54) is 0 Å². The summed E-state index contributed by atoms with van der Waals surface area (Å²) in [6, 6.07) is 19.5. The number of ether oxygens (including phenoxy) is 1. The van der Waals surface area contributed by atoms with E-state index in [-0.39, 0.29) is 40.2 Å². The van der Waals surface area contributed by atoms with Crippen molar-refractivity contribution in [1.82, 2.24) is 20.3 Å².